The van der Waals surface area contributed by atoms with Crippen molar-refractivity contribution in [1.82, 2.24) is 9.55 Å². The monoisotopic (exact) mass is 530 g/mol. The lowest BCUT2D eigenvalue weighted by Gasteiger charge is -2.25. The number of rotatable bonds is 9. The van der Waals surface area contributed by atoms with Gasteiger partial charge in [-0.05, 0) is 50.1 Å². The van der Waals surface area contributed by atoms with Crippen LogP contribution >= 0.6 is 15.9 Å². The van der Waals surface area contributed by atoms with Crippen LogP contribution < -0.4 is 5.46 Å². The number of hydrogen-bond donors (Lipinski definition) is 2. The molecule has 0 bridgehead atoms. The van der Waals surface area contributed by atoms with E-state index in [0.717, 1.165) is 32.2 Å². The molecule has 0 aliphatic carbocycles. The average molecular weight is 531 g/mol. The molecule has 0 fully saturated rings. The first-order chi connectivity index (χ1) is 16.0. The molecule has 1 aromatic carbocycles. The summed E-state index contributed by atoms with van der Waals surface area (Å²) in [5.74, 6) is -0.308. The Kier molecular flexibility index (Phi) is 8.24. The first kappa shape index (κ1) is 26.4. The second-order valence-corrected chi connectivity index (χ2v) is 10.2. The normalized spacial score (nSPS) is 12.7. The second kappa shape index (κ2) is 10.6. The maximum atomic E-state index is 11.5. The lowest BCUT2D eigenvalue weighted by molar-refractivity contribution is -0.143. The minimum Gasteiger partial charge on any atom is -0.465 e. The molecule has 0 aliphatic heterocycles. The molecule has 34 heavy (non-hydrogen) atoms. The highest BCUT2D eigenvalue weighted by Gasteiger charge is 2.29. The fourth-order valence-corrected chi connectivity index (χ4v) is 4.66. The van der Waals surface area contributed by atoms with Gasteiger partial charge in [-0.1, -0.05) is 29.8 Å². The van der Waals surface area contributed by atoms with E-state index in [2.05, 4.69) is 58.4 Å². The number of carbonyl (C=O) groups excluding carboxylic acids is 1. The van der Waals surface area contributed by atoms with Gasteiger partial charge in [0.2, 0.25) is 0 Å². The van der Waals surface area contributed by atoms with Crippen LogP contribution in [0.3, 0.4) is 0 Å². The lowest BCUT2D eigenvalue weighted by Crippen LogP contribution is -2.31. The Hall–Kier alpha value is -2.20. The van der Waals surface area contributed by atoms with E-state index < -0.39 is 7.12 Å². The van der Waals surface area contributed by atoms with Crippen molar-refractivity contribution < 1.29 is 24.3 Å². The highest BCUT2D eigenvalue weighted by Crippen LogP contribution is 2.41. The molecule has 0 spiro atoms. The van der Waals surface area contributed by atoms with Gasteiger partial charge >= 0.3 is 13.1 Å². The Balaban J connectivity index is 2.36. The summed E-state index contributed by atoms with van der Waals surface area (Å²) in [6.45, 7) is 10.5. The second-order valence-electron chi connectivity index (χ2n) is 9.31. The van der Waals surface area contributed by atoms with E-state index in [9.17, 15) is 14.8 Å². The Bertz CT molecular complexity index is 1190. The van der Waals surface area contributed by atoms with Crippen molar-refractivity contribution in [1.29, 1.82) is 0 Å². The van der Waals surface area contributed by atoms with Gasteiger partial charge in [0, 0.05) is 58.6 Å². The molecular formula is C25H32BBrN2O5. The molecule has 2 N–H and O–H groups in total. The third kappa shape index (κ3) is 5.54. The summed E-state index contributed by atoms with van der Waals surface area (Å²) in [4.78, 5) is 16.1. The van der Waals surface area contributed by atoms with Gasteiger partial charge in [0.05, 0.1) is 24.1 Å². The van der Waals surface area contributed by atoms with Gasteiger partial charge in [-0.15, -0.1) is 0 Å². The van der Waals surface area contributed by atoms with E-state index in [0.29, 0.717) is 24.1 Å². The molecule has 0 saturated heterocycles. The summed E-state index contributed by atoms with van der Waals surface area (Å²) in [5.41, 5.74) is 4.54. The third-order valence-corrected chi connectivity index (χ3v) is 6.49. The van der Waals surface area contributed by atoms with E-state index in [4.69, 9.17) is 9.47 Å². The number of hydrogen-bond acceptors (Lipinski definition) is 6. The number of carbonyl (C=O) groups is 1. The molecule has 0 radical (unpaired) electrons. The highest BCUT2D eigenvalue weighted by atomic mass is 79.9. The van der Waals surface area contributed by atoms with Crippen molar-refractivity contribution >= 4 is 45.4 Å². The third-order valence-electron chi connectivity index (χ3n) is 6.00. The van der Waals surface area contributed by atoms with Crippen LogP contribution in [0.2, 0.25) is 0 Å². The van der Waals surface area contributed by atoms with Crippen LogP contribution in [0.4, 0.5) is 0 Å². The Morgan fingerprint density at radius 1 is 1.29 bits per heavy atom. The van der Waals surface area contributed by atoms with Crippen molar-refractivity contribution in [3.63, 3.8) is 0 Å². The molecular weight excluding hydrogens is 499 g/mol. The largest absolute Gasteiger partial charge is 0.490 e. The minimum atomic E-state index is -1.64. The molecule has 182 valence electrons. The van der Waals surface area contributed by atoms with Gasteiger partial charge in [0.25, 0.3) is 0 Å². The zero-order valence-electron chi connectivity index (χ0n) is 20.6. The van der Waals surface area contributed by atoms with Gasteiger partial charge in [-0.3, -0.25) is 9.78 Å². The van der Waals surface area contributed by atoms with Crippen LogP contribution in [0.5, 0.6) is 0 Å². The quantitative estimate of drug-likeness (QED) is 0.321. The first-order valence-electron chi connectivity index (χ1n) is 11.3. The summed E-state index contributed by atoms with van der Waals surface area (Å²) in [5, 5.41) is 20.8. The standard InChI is InChI=1S/C25H32BBrN2O5/c1-7-29-22-9-8-18(27)11-19(22)21(12-25(4,5)14-34-16(3)30)24(29)20-10-17(26(31)32)13-28-23(20)15(2)33-6/h8-11,13,15,31-32H,7,12,14H2,1-6H3. The number of benzene rings is 1. The van der Waals surface area contributed by atoms with Gasteiger partial charge in [0.15, 0.2) is 0 Å². The molecule has 3 aromatic rings. The van der Waals surface area contributed by atoms with Crippen molar-refractivity contribution in [3.8, 4) is 11.3 Å². The van der Waals surface area contributed by atoms with E-state index >= 15 is 0 Å². The fourth-order valence-electron chi connectivity index (χ4n) is 4.30. The fraction of sp³-hybridized carbons (Fsp3) is 0.440. The van der Waals surface area contributed by atoms with Gasteiger partial charge < -0.3 is 24.1 Å². The topological polar surface area (TPSA) is 93.8 Å². The van der Waals surface area contributed by atoms with Crippen molar-refractivity contribution in [2.75, 3.05) is 13.7 Å². The van der Waals surface area contributed by atoms with E-state index in [-0.39, 0.29) is 24.1 Å². The van der Waals surface area contributed by atoms with Gasteiger partial charge in [0.1, 0.15) is 0 Å². The van der Waals surface area contributed by atoms with Crippen molar-refractivity contribution in [3.05, 3.63) is 46.2 Å². The molecule has 3 rings (SSSR count). The zero-order chi connectivity index (χ0) is 25.2. The summed E-state index contributed by atoms with van der Waals surface area (Å²) >= 11 is 3.61. The molecule has 9 heteroatoms. The molecule has 7 nitrogen and oxygen atoms in total. The zero-order valence-corrected chi connectivity index (χ0v) is 22.1. The molecule has 0 aliphatic rings. The van der Waals surface area contributed by atoms with Gasteiger partial charge in [-0.2, -0.15) is 0 Å². The number of methoxy groups -OCH3 is 1. The van der Waals surface area contributed by atoms with Crippen LogP contribution in [0, 0.1) is 5.41 Å². The maximum absolute atomic E-state index is 11.5. The predicted molar refractivity (Wildman–Crippen MR) is 138 cm³/mol. The molecule has 1 unspecified atom stereocenters. The molecule has 2 heterocycles. The molecule has 1 atom stereocenters. The van der Waals surface area contributed by atoms with E-state index in [1.54, 1.807) is 13.2 Å². The predicted octanol–water partition coefficient (Wildman–Crippen LogP) is 4.00. The molecule has 2 aromatic heterocycles. The number of halogens is 1. The van der Waals surface area contributed by atoms with Crippen molar-refractivity contribution in [2.45, 2.75) is 53.7 Å². The molecule has 0 amide bonds. The van der Waals surface area contributed by atoms with E-state index in [1.165, 1.54) is 13.1 Å². The Morgan fingerprint density at radius 2 is 2.00 bits per heavy atom. The summed E-state index contributed by atoms with van der Waals surface area (Å²) in [6, 6.07) is 7.96. The number of ether oxygens (including phenoxy) is 2. The first-order valence-corrected chi connectivity index (χ1v) is 12.1. The number of esters is 1. The SMILES string of the molecule is CCn1c(-c2cc(B(O)O)cnc2C(C)OC)c(CC(C)(C)COC(C)=O)c2cc(Br)ccc21. The van der Waals surface area contributed by atoms with Crippen LogP contribution in [-0.2, 0) is 27.2 Å². The lowest BCUT2D eigenvalue weighted by atomic mass is 9.79. The van der Waals surface area contributed by atoms with Crippen LogP contribution in [0.1, 0.15) is 52.0 Å². The van der Waals surface area contributed by atoms with E-state index in [1.807, 2.05) is 13.0 Å². The number of nitrogens with zero attached hydrogens (tertiary/aromatic N) is 2. The van der Waals surface area contributed by atoms with Crippen LogP contribution in [-0.4, -0.2) is 46.4 Å². The average Bonchev–Trinajstić information content (AvgIpc) is 3.08. The minimum absolute atomic E-state index is 0.281. The van der Waals surface area contributed by atoms with Gasteiger partial charge in [-0.25, -0.2) is 0 Å². The summed E-state index contributed by atoms with van der Waals surface area (Å²) < 4.78 is 14.2. The summed E-state index contributed by atoms with van der Waals surface area (Å²) in [7, 11) is -0.0174. The Labute approximate surface area is 209 Å². The maximum Gasteiger partial charge on any atom is 0.490 e. The number of aromatic nitrogens is 2. The highest BCUT2D eigenvalue weighted by molar-refractivity contribution is 9.10. The Morgan fingerprint density at radius 3 is 2.59 bits per heavy atom. The molecule has 0 saturated carbocycles. The number of aryl methyl sites for hydroxylation is 1. The van der Waals surface area contributed by atoms with Crippen LogP contribution in [0.25, 0.3) is 22.2 Å². The number of pyridine rings is 1. The smallest absolute Gasteiger partial charge is 0.465 e. The van der Waals surface area contributed by atoms with Crippen LogP contribution in [0.15, 0.2) is 34.9 Å². The summed E-state index contributed by atoms with van der Waals surface area (Å²) in [6.07, 6.45) is 1.79. The van der Waals surface area contributed by atoms with Crippen molar-refractivity contribution in [2.24, 2.45) is 5.41 Å². The number of fused-ring (bicyclic) bond motifs is 1.